The summed E-state index contributed by atoms with van der Waals surface area (Å²) in [4.78, 5) is 24.5. The number of anilines is 1. The van der Waals surface area contributed by atoms with Crippen LogP contribution >= 0.6 is 0 Å². The van der Waals surface area contributed by atoms with E-state index in [2.05, 4.69) is 41.7 Å². The molecule has 0 bridgehead atoms. The summed E-state index contributed by atoms with van der Waals surface area (Å²) in [5.41, 5.74) is 3.92. The van der Waals surface area contributed by atoms with Crippen molar-refractivity contribution in [2.45, 2.75) is 39.3 Å². The van der Waals surface area contributed by atoms with Gasteiger partial charge in [0.2, 0.25) is 0 Å². The molecular weight excluding hydrogens is 392 g/mol. The minimum atomic E-state index is -0.891. The van der Waals surface area contributed by atoms with E-state index < -0.39 is 17.9 Å². The van der Waals surface area contributed by atoms with Crippen molar-refractivity contribution >= 4 is 17.6 Å². The maximum Gasteiger partial charge on any atom is 0.314 e. The molecule has 2 aromatic carbocycles. The third-order valence-corrected chi connectivity index (χ3v) is 5.15. The standard InChI is InChI=1S/C24H28N4O3/c1-16(2)19-10-8-18(9-11-19)15-28-22(12-13-26-28)27-24(31)23(30)25-14-21(29)20-7-5-4-6-17(20)3/h4-13,16,21,29H,14-15H2,1-3H3,(H,25,30)(H,27,31)/t21-/m0/s1. The lowest BCUT2D eigenvalue weighted by Crippen LogP contribution is -2.38. The van der Waals surface area contributed by atoms with Crippen molar-refractivity contribution in [3.63, 3.8) is 0 Å². The molecule has 162 valence electrons. The lowest BCUT2D eigenvalue weighted by Gasteiger charge is -2.14. The Morgan fingerprint density at radius 1 is 1.03 bits per heavy atom. The van der Waals surface area contributed by atoms with Crippen LogP contribution in [0.1, 0.15) is 48.1 Å². The van der Waals surface area contributed by atoms with Gasteiger partial charge in [0.1, 0.15) is 5.82 Å². The second-order valence-corrected chi connectivity index (χ2v) is 7.81. The quantitative estimate of drug-likeness (QED) is 0.512. The molecule has 0 saturated carbocycles. The van der Waals surface area contributed by atoms with Gasteiger partial charge in [0.15, 0.2) is 0 Å². The van der Waals surface area contributed by atoms with Crippen LogP contribution in [0.4, 0.5) is 5.82 Å². The van der Waals surface area contributed by atoms with Gasteiger partial charge in [0.05, 0.1) is 18.8 Å². The van der Waals surface area contributed by atoms with Crippen LogP contribution < -0.4 is 10.6 Å². The molecule has 31 heavy (non-hydrogen) atoms. The first kappa shape index (κ1) is 22.2. The number of hydrogen-bond donors (Lipinski definition) is 3. The van der Waals surface area contributed by atoms with Gasteiger partial charge in [-0.1, -0.05) is 62.4 Å². The smallest absolute Gasteiger partial charge is 0.314 e. The van der Waals surface area contributed by atoms with E-state index in [-0.39, 0.29) is 6.54 Å². The van der Waals surface area contributed by atoms with Crippen LogP contribution in [0.3, 0.4) is 0 Å². The molecule has 7 heteroatoms. The van der Waals surface area contributed by atoms with E-state index >= 15 is 0 Å². The van der Waals surface area contributed by atoms with Gasteiger partial charge < -0.3 is 15.7 Å². The molecule has 0 unspecified atom stereocenters. The zero-order valence-corrected chi connectivity index (χ0v) is 18.0. The fraction of sp³-hybridized carbons (Fsp3) is 0.292. The summed E-state index contributed by atoms with van der Waals surface area (Å²) < 4.78 is 1.62. The molecule has 0 radical (unpaired) electrons. The monoisotopic (exact) mass is 420 g/mol. The fourth-order valence-electron chi connectivity index (χ4n) is 3.26. The molecule has 0 aliphatic rings. The van der Waals surface area contributed by atoms with Crippen LogP contribution in [0.15, 0.2) is 60.8 Å². The second kappa shape index (κ2) is 10.0. The third-order valence-electron chi connectivity index (χ3n) is 5.15. The first-order chi connectivity index (χ1) is 14.8. The van der Waals surface area contributed by atoms with Gasteiger partial charge in [0.25, 0.3) is 0 Å². The molecule has 1 atom stereocenters. The number of hydrogen-bond acceptors (Lipinski definition) is 4. The Morgan fingerprint density at radius 2 is 1.74 bits per heavy atom. The number of nitrogens with one attached hydrogen (secondary N) is 2. The van der Waals surface area contributed by atoms with Crippen LogP contribution in [-0.2, 0) is 16.1 Å². The lowest BCUT2D eigenvalue weighted by molar-refractivity contribution is -0.136. The van der Waals surface area contributed by atoms with Crippen LogP contribution in [0.5, 0.6) is 0 Å². The molecule has 1 heterocycles. The van der Waals surface area contributed by atoms with Gasteiger partial charge in [-0.25, -0.2) is 4.68 Å². The summed E-state index contributed by atoms with van der Waals surface area (Å²) in [7, 11) is 0. The first-order valence-electron chi connectivity index (χ1n) is 10.3. The maximum atomic E-state index is 12.3. The number of aryl methyl sites for hydroxylation is 1. The Morgan fingerprint density at radius 3 is 2.42 bits per heavy atom. The summed E-state index contributed by atoms with van der Waals surface area (Å²) in [5, 5.41) is 19.6. The predicted molar refractivity (Wildman–Crippen MR) is 120 cm³/mol. The van der Waals surface area contributed by atoms with Crippen molar-refractivity contribution in [1.82, 2.24) is 15.1 Å². The van der Waals surface area contributed by atoms with E-state index in [9.17, 15) is 14.7 Å². The van der Waals surface area contributed by atoms with Crippen molar-refractivity contribution in [3.05, 3.63) is 83.0 Å². The summed E-state index contributed by atoms with van der Waals surface area (Å²) in [6, 6.07) is 17.2. The van der Waals surface area contributed by atoms with Crippen LogP contribution in [0.25, 0.3) is 0 Å². The largest absolute Gasteiger partial charge is 0.387 e. The molecule has 7 nitrogen and oxygen atoms in total. The number of aliphatic hydroxyl groups excluding tert-OH is 1. The number of carbonyl (C=O) groups excluding carboxylic acids is 2. The minimum absolute atomic E-state index is 0.0570. The normalized spacial score (nSPS) is 11.9. The molecule has 0 aliphatic heterocycles. The van der Waals surface area contributed by atoms with Crippen LogP contribution in [-0.4, -0.2) is 33.2 Å². The number of benzene rings is 2. The highest BCUT2D eigenvalue weighted by atomic mass is 16.3. The highest BCUT2D eigenvalue weighted by molar-refractivity contribution is 6.39. The molecular formula is C24H28N4O3. The molecule has 3 aromatic rings. The maximum absolute atomic E-state index is 12.3. The van der Waals surface area contributed by atoms with Crippen molar-refractivity contribution in [3.8, 4) is 0 Å². The van der Waals surface area contributed by atoms with E-state index in [1.54, 1.807) is 23.0 Å². The Kier molecular flexibility index (Phi) is 7.20. The van der Waals surface area contributed by atoms with Gasteiger partial charge >= 0.3 is 11.8 Å². The van der Waals surface area contributed by atoms with Crippen molar-refractivity contribution in [2.24, 2.45) is 0 Å². The highest BCUT2D eigenvalue weighted by Crippen LogP contribution is 2.17. The first-order valence-corrected chi connectivity index (χ1v) is 10.3. The SMILES string of the molecule is Cc1ccccc1[C@@H](O)CNC(=O)C(=O)Nc1ccnn1Cc1ccc(C(C)C)cc1. The van der Waals surface area contributed by atoms with Crippen molar-refractivity contribution < 1.29 is 14.7 Å². The molecule has 0 aliphatic carbocycles. The molecule has 0 fully saturated rings. The second-order valence-electron chi connectivity index (χ2n) is 7.81. The van der Waals surface area contributed by atoms with E-state index in [1.165, 1.54) is 5.56 Å². The Labute approximate surface area is 182 Å². The highest BCUT2D eigenvalue weighted by Gasteiger charge is 2.18. The number of aromatic nitrogens is 2. The van der Waals surface area contributed by atoms with E-state index in [4.69, 9.17) is 0 Å². The average Bonchev–Trinajstić information content (AvgIpc) is 3.18. The molecule has 0 saturated heterocycles. The van der Waals surface area contributed by atoms with Gasteiger partial charge in [-0.05, 0) is 35.1 Å². The summed E-state index contributed by atoms with van der Waals surface area (Å²) in [6.45, 7) is 6.57. The molecule has 3 rings (SSSR count). The summed E-state index contributed by atoms with van der Waals surface area (Å²) in [6.07, 6.45) is 0.676. The average molecular weight is 421 g/mol. The Balaban J connectivity index is 1.56. The van der Waals surface area contributed by atoms with Gasteiger partial charge in [-0.2, -0.15) is 5.10 Å². The van der Waals surface area contributed by atoms with E-state index in [0.717, 1.165) is 11.1 Å². The van der Waals surface area contributed by atoms with E-state index in [0.29, 0.717) is 23.8 Å². The minimum Gasteiger partial charge on any atom is -0.387 e. The number of amides is 2. The van der Waals surface area contributed by atoms with Gasteiger partial charge in [-0.3, -0.25) is 9.59 Å². The number of aliphatic hydroxyl groups is 1. The van der Waals surface area contributed by atoms with E-state index in [1.807, 2.05) is 37.3 Å². The molecule has 0 spiro atoms. The molecule has 1 aromatic heterocycles. The number of carbonyl (C=O) groups is 2. The zero-order chi connectivity index (χ0) is 22.4. The fourth-order valence-corrected chi connectivity index (χ4v) is 3.26. The predicted octanol–water partition coefficient (Wildman–Crippen LogP) is 3.15. The zero-order valence-electron chi connectivity index (χ0n) is 18.0. The molecule has 2 amide bonds. The van der Waals surface area contributed by atoms with Crippen LogP contribution in [0, 0.1) is 6.92 Å². The lowest BCUT2D eigenvalue weighted by atomic mass is 10.0. The molecule has 3 N–H and O–H groups in total. The third kappa shape index (κ3) is 5.79. The van der Waals surface area contributed by atoms with Crippen molar-refractivity contribution in [2.75, 3.05) is 11.9 Å². The Hall–Kier alpha value is -3.45. The summed E-state index contributed by atoms with van der Waals surface area (Å²) >= 11 is 0. The topological polar surface area (TPSA) is 96.2 Å². The number of rotatable bonds is 7. The van der Waals surface area contributed by atoms with Gasteiger partial charge in [-0.15, -0.1) is 0 Å². The van der Waals surface area contributed by atoms with Crippen LogP contribution in [0.2, 0.25) is 0 Å². The Bertz CT molecular complexity index is 1040. The van der Waals surface area contributed by atoms with Gasteiger partial charge in [0, 0.05) is 12.6 Å². The van der Waals surface area contributed by atoms with Crippen molar-refractivity contribution in [1.29, 1.82) is 0 Å². The number of nitrogens with zero attached hydrogens (tertiary/aromatic N) is 2. The summed E-state index contributed by atoms with van der Waals surface area (Å²) in [5.74, 6) is -0.750.